The highest BCUT2D eigenvalue weighted by molar-refractivity contribution is 7.87. The minimum atomic E-state index is -4.26. The molecule has 1 aliphatic heterocycles. The van der Waals surface area contributed by atoms with E-state index in [1.807, 2.05) is 30.3 Å². The van der Waals surface area contributed by atoms with Gasteiger partial charge in [0.15, 0.2) is 0 Å². The van der Waals surface area contributed by atoms with Crippen molar-refractivity contribution in [2.45, 2.75) is 11.5 Å². The number of barbiturate groups is 1. The van der Waals surface area contributed by atoms with Crippen molar-refractivity contribution >= 4 is 51.3 Å². The van der Waals surface area contributed by atoms with Crippen LogP contribution in [0.1, 0.15) is 11.1 Å². The minimum Gasteiger partial charge on any atom is -0.489 e. The Morgan fingerprint density at radius 3 is 2.17 bits per heavy atom. The smallest absolute Gasteiger partial charge is 0.339 e. The summed E-state index contributed by atoms with van der Waals surface area (Å²) in [5.74, 6) is -1.44. The van der Waals surface area contributed by atoms with Crippen LogP contribution in [0.2, 0.25) is 5.02 Å². The normalized spacial score (nSPS) is 14.6. The van der Waals surface area contributed by atoms with E-state index in [-0.39, 0.29) is 21.9 Å². The molecule has 9 nitrogen and oxygen atoms in total. The van der Waals surface area contributed by atoms with Crippen LogP contribution >= 0.6 is 11.6 Å². The van der Waals surface area contributed by atoms with E-state index in [4.69, 9.17) is 20.5 Å². The summed E-state index contributed by atoms with van der Waals surface area (Å²) < 4.78 is 36.7. The van der Waals surface area contributed by atoms with Gasteiger partial charge in [0.2, 0.25) is 0 Å². The second-order valence-electron chi connectivity index (χ2n) is 8.76. The third-order valence-electron chi connectivity index (χ3n) is 5.97. The number of para-hydroxylation sites is 1. The van der Waals surface area contributed by atoms with Gasteiger partial charge in [-0.25, -0.2) is 9.69 Å². The van der Waals surface area contributed by atoms with Crippen LogP contribution in [-0.4, -0.2) is 26.3 Å². The first-order valence-corrected chi connectivity index (χ1v) is 14.0. The molecular weight excluding hydrogens is 568 g/mol. The van der Waals surface area contributed by atoms with Crippen molar-refractivity contribution in [1.29, 1.82) is 0 Å². The molecule has 1 saturated heterocycles. The van der Waals surface area contributed by atoms with Gasteiger partial charge in [-0.2, -0.15) is 8.42 Å². The van der Waals surface area contributed by atoms with Crippen molar-refractivity contribution in [3.63, 3.8) is 0 Å². The number of nitrogens with one attached hydrogen (secondary N) is 1. The molecule has 0 radical (unpaired) electrons. The number of nitrogens with zero attached hydrogens (tertiary/aromatic N) is 1. The number of carbonyl (C=O) groups is 3. The topological polar surface area (TPSA) is 119 Å². The molecule has 1 N–H and O–H groups in total. The maximum Gasteiger partial charge on any atom is 0.339 e. The average Bonchev–Trinajstić information content (AvgIpc) is 2.96. The zero-order chi connectivity index (χ0) is 29.0. The Kier molecular flexibility index (Phi) is 7.86. The molecule has 1 heterocycles. The van der Waals surface area contributed by atoms with Gasteiger partial charge in [0.25, 0.3) is 11.8 Å². The van der Waals surface area contributed by atoms with Crippen LogP contribution in [0.4, 0.5) is 10.5 Å². The molecule has 206 valence electrons. The summed E-state index contributed by atoms with van der Waals surface area (Å²) in [6.45, 7) is 0.333. The summed E-state index contributed by atoms with van der Waals surface area (Å²) in [6, 6.07) is 26.2. The lowest BCUT2D eigenvalue weighted by Crippen LogP contribution is -2.54. The van der Waals surface area contributed by atoms with Crippen LogP contribution in [0.25, 0.3) is 6.08 Å². The Bertz CT molecular complexity index is 1760. The van der Waals surface area contributed by atoms with Crippen molar-refractivity contribution < 1.29 is 31.7 Å². The number of carbonyl (C=O) groups excluding carboxylic acids is 3. The zero-order valence-corrected chi connectivity index (χ0v) is 22.8. The summed E-state index contributed by atoms with van der Waals surface area (Å²) >= 11 is 5.85. The Balaban J connectivity index is 1.38. The molecule has 0 bridgehead atoms. The number of amides is 4. The van der Waals surface area contributed by atoms with Gasteiger partial charge in [-0.3, -0.25) is 14.9 Å². The Morgan fingerprint density at radius 1 is 0.805 bits per heavy atom. The van der Waals surface area contributed by atoms with Gasteiger partial charge < -0.3 is 8.92 Å². The molecule has 0 aromatic heterocycles. The van der Waals surface area contributed by atoms with Crippen LogP contribution in [0.5, 0.6) is 11.5 Å². The third kappa shape index (κ3) is 6.29. The number of rotatable bonds is 8. The Labute approximate surface area is 240 Å². The highest BCUT2D eigenvalue weighted by atomic mass is 35.5. The number of hydrogen-bond acceptors (Lipinski definition) is 7. The predicted molar refractivity (Wildman–Crippen MR) is 152 cm³/mol. The monoisotopic (exact) mass is 588 g/mol. The summed E-state index contributed by atoms with van der Waals surface area (Å²) in [7, 11) is -4.26. The molecule has 41 heavy (non-hydrogen) atoms. The standard InChI is InChI=1S/C30H21ClN2O7S/c31-22-10-16-25(17-11-22)41(37,38)40-27-9-5-4-8-21(27)18-26-28(34)32-30(36)33(29(26)35)23-12-14-24(15-13-23)39-19-20-6-2-1-3-7-20/h1-18H,19H2,(H,32,34,36)/b26-18+. The van der Waals surface area contributed by atoms with Crippen molar-refractivity contribution in [2.24, 2.45) is 0 Å². The van der Waals surface area contributed by atoms with E-state index in [9.17, 15) is 22.8 Å². The van der Waals surface area contributed by atoms with Gasteiger partial charge in [-0.15, -0.1) is 0 Å². The number of hydrogen-bond donors (Lipinski definition) is 1. The molecule has 0 spiro atoms. The lowest BCUT2D eigenvalue weighted by atomic mass is 10.1. The molecule has 4 aromatic rings. The summed E-state index contributed by atoms with van der Waals surface area (Å²) in [5, 5.41) is 2.50. The van der Waals surface area contributed by atoms with Gasteiger partial charge in [-0.1, -0.05) is 60.1 Å². The van der Waals surface area contributed by atoms with Gasteiger partial charge in [0.1, 0.15) is 28.6 Å². The summed E-state index contributed by atoms with van der Waals surface area (Å²) in [4.78, 5) is 39.4. The fourth-order valence-electron chi connectivity index (χ4n) is 3.92. The second kappa shape index (κ2) is 11.7. The first kappa shape index (κ1) is 27.6. The molecule has 11 heteroatoms. The minimum absolute atomic E-state index is 0.126. The molecule has 4 amide bonds. The van der Waals surface area contributed by atoms with Crippen molar-refractivity contribution in [2.75, 3.05) is 4.90 Å². The van der Waals surface area contributed by atoms with E-state index < -0.39 is 33.5 Å². The highest BCUT2D eigenvalue weighted by Gasteiger charge is 2.37. The first-order chi connectivity index (χ1) is 19.7. The second-order valence-corrected chi connectivity index (χ2v) is 10.7. The number of ether oxygens (including phenoxy) is 1. The Hall–Kier alpha value is -4.93. The van der Waals surface area contributed by atoms with Crippen LogP contribution in [0.3, 0.4) is 0 Å². The highest BCUT2D eigenvalue weighted by Crippen LogP contribution is 2.29. The molecule has 0 saturated carbocycles. The van der Waals surface area contributed by atoms with E-state index in [0.717, 1.165) is 10.5 Å². The Morgan fingerprint density at radius 2 is 1.46 bits per heavy atom. The predicted octanol–water partition coefficient (Wildman–Crippen LogP) is 5.35. The molecule has 0 aliphatic carbocycles. The molecule has 1 fully saturated rings. The third-order valence-corrected chi connectivity index (χ3v) is 7.47. The van der Waals surface area contributed by atoms with Crippen molar-refractivity contribution in [1.82, 2.24) is 5.32 Å². The number of halogens is 1. The fraction of sp³-hybridized carbons (Fsp3) is 0.0333. The molecule has 0 atom stereocenters. The lowest BCUT2D eigenvalue weighted by Gasteiger charge is -2.26. The molecule has 5 rings (SSSR count). The number of urea groups is 1. The quantitative estimate of drug-likeness (QED) is 0.167. The van der Waals surface area contributed by atoms with Crippen LogP contribution in [0.15, 0.2) is 114 Å². The number of imide groups is 2. The fourth-order valence-corrected chi connectivity index (χ4v) is 5.00. The number of anilines is 1. The maximum absolute atomic E-state index is 13.4. The molecule has 0 unspecified atom stereocenters. The van der Waals surface area contributed by atoms with Crippen LogP contribution in [0, 0.1) is 0 Å². The van der Waals surface area contributed by atoms with E-state index in [1.165, 1.54) is 60.7 Å². The van der Waals surface area contributed by atoms with Gasteiger partial charge in [0.05, 0.1) is 5.69 Å². The molecule has 4 aromatic carbocycles. The van der Waals surface area contributed by atoms with Crippen LogP contribution < -0.4 is 19.1 Å². The summed E-state index contributed by atoms with van der Waals surface area (Å²) in [6.07, 6.45) is 1.17. The van der Waals surface area contributed by atoms with Gasteiger partial charge >= 0.3 is 16.1 Å². The van der Waals surface area contributed by atoms with Crippen LogP contribution in [-0.2, 0) is 26.3 Å². The zero-order valence-electron chi connectivity index (χ0n) is 21.2. The average molecular weight is 589 g/mol. The number of benzene rings is 4. The van der Waals surface area contributed by atoms with Gasteiger partial charge in [-0.05, 0) is 66.2 Å². The molecular formula is C30H21ClN2O7S. The van der Waals surface area contributed by atoms with E-state index in [1.54, 1.807) is 18.2 Å². The largest absolute Gasteiger partial charge is 0.489 e. The lowest BCUT2D eigenvalue weighted by molar-refractivity contribution is -0.122. The van der Waals surface area contributed by atoms with Crippen molar-refractivity contribution in [3.8, 4) is 11.5 Å². The maximum atomic E-state index is 13.4. The van der Waals surface area contributed by atoms with Crippen molar-refractivity contribution in [3.05, 3.63) is 125 Å². The first-order valence-electron chi connectivity index (χ1n) is 12.2. The molecule has 1 aliphatic rings. The van der Waals surface area contributed by atoms with E-state index in [2.05, 4.69) is 5.32 Å². The SMILES string of the molecule is O=C1NC(=O)N(c2ccc(OCc3ccccc3)cc2)C(=O)/C1=C/c1ccccc1OS(=O)(=O)c1ccc(Cl)cc1. The van der Waals surface area contributed by atoms with Gasteiger partial charge in [0, 0.05) is 10.6 Å². The van der Waals surface area contributed by atoms with E-state index in [0.29, 0.717) is 17.4 Å². The van der Waals surface area contributed by atoms with E-state index >= 15 is 0 Å². The summed E-state index contributed by atoms with van der Waals surface area (Å²) in [5.41, 5.74) is 0.907.